The van der Waals surface area contributed by atoms with Crippen LogP contribution in [0.5, 0.6) is 23.0 Å². The first kappa shape index (κ1) is 47.1. The Hall–Kier alpha value is -5.59. The highest BCUT2D eigenvalue weighted by Gasteiger charge is 2.54. The Morgan fingerprint density at radius 3 is 0.733 bits per heavy atom. The topological polar surface area (TPSA) is 44.8 Å². The highest BCUT2D eigenvalue weighted by Crippen LogP contribution is 2.51. The van der Waals surface area contributed by atoms with Crippen molar-refractivity contribution in [3.63, 3.8) is 0 Å². The number of carbonyl (C=O) groups is 1. The van der Waals surface area contributed by atoms with Crippen molar-refractivity contribution in [2.75, 3.05) is 0 Å². The van der Waals surface area contributed by atoms with E-state index in [-0.39, 0.29) is 0 Å². The lowest BCUT2D eigenvalue weighted by Crippen LogP contribution is -2.44. The van der Waals surface area contributed by atoms with Gasteiger partial charge in [0.25, 0.3) is 0 Å². The number of alkyl halides is 6. The normalized spacial score (nSPS) is 12.5. The summed E-state index contributed by atoms with van der Waals surface area (Å²) in [7, 11) is 0. The molecule has 0 fully saturated rings. The van der Waals surface area contributed by atoms with Crippen molar-refractivity contribution in [1.82, 2.24) is 0 Å². The Morgan fingerprint density at radius 2 is 0.567 bits per heavy atom. The van der Waals surface area contributed by atoms with Crippen LogP contribution >= 0.6 is 0 Å². The van der Waals surface area contributed by atoms with Crippen molar-refractivity contribution in [2.24, 2.45) is 11.8 Å². The summed E-state index contributed by atoms with van der Waals surface area (Å²) in [5, 5.41) is 0. The third-order valence-electron chi connectivity index (χ3n) is 8.16. The monoisotopic (exact) mass is 904 g/mol. The van der Waals surface area contributed by atoms with Crippen LogP contribution in [0.25, 0.3) is 0 Å². The van der Waals surface area contributed by atoms with Crippen molar-refractivity contribution in [1.29, 1.82) is 0 Å². The molecule has 0 aliphatic heterocycles. The van der Waals surface area contributed by atoms with E-state index in [0.717, 1.165) is 13.8 Å². The molecule has 0 spiro atoms. The van der Waals surface area contributed by atoms with E-state index < -0.39 is 174 Å². The number of halogens is 22. The number of benzene rings is 4. The average Bonchev–Trinajstić information content (AvgIpc) is 3.13. The third kappa shape index (κ3) is 7.34. The molecule has 0 saturated heterocycles. The lowest BCUT2D eigenvalue weighted by atomic mass is 9.75. The Bertz CT molecular complexity index is 2170. The summed E-state index contributed by atoms with van der Waals surface area (Å²) < 4.78 is 332. The van der Waals surface area contributed by atoms with Crippen LogP contribution in [0, 0.1) is 105 Å². The van der Waals surface area contributed by atoms with E-state index in [1.165, 1.54) is 0 Å². The molecule has 4 rings (SSSR count). The smallest absolute Gasteiger partial charge is 0.422 e. The predicted octanol–water partition coefficient (Wildman–Crippen LogP) is 12.6. The SMILES string of the molecule is CC(C)C(=O)OC(c1c(F)c(F)c(Oc2c(F)c(F)c(C(F)(F)F)c(F)c2F)c(F)c1F)(c1c(F)c(F)c(Oc2c(F)c(F)c(C(F)(F)F)c(F)c2F)c(F)c1F)C(C)C. The Morgan fingerprint density at radius 1 is 0.367 bits per heavy atom. The van der Waals surface area contributed by atoms with Crippen molar-refractivity contribution >= 4 is 5.97 Å². The fourth-order valence-corrected chi connectivity index (χ4v) is 5.36. The number of hydrogen-bond acceptors (Lipinski definition) is 4. The summed E-state index contributed by atoms with van der Waals surface area (Å²) in [6.45, 7) is 2.67. The maximum absolute atomic E-state index is 16.1. The largest absolute Gasteiger partial charge is 0.448 e. The van der Waals surface area contributed by atoms with Gasteiger partial charge in [0.05, 0.1) is 17.0 Å². The van der Waals surface area contributed by atoms with Crippen LogP contribution < -0.4 is 9.47 Å². The first-order valence-corrected chi connectivity index (χ1v) is 15.5. The number of ether oxygens (including phenoxy) is 3. The van der Waals surface area contributed by atoms with Crippen LogP contribution in [0.3, 0.4) is 0 Å². The van der Waals surface area contributed by atoms with Crippen molar-refractivity contribution in [3.8, 4) is 23.0 Å². The van der Waals surface area contributed by atoms with Crippen molar-refractivity contribution in [2.45, 2.75) is 45.6 Å². The van der Waals surface area contributed by atoms with Gasteiger partial charge in [-0.2, -0.15) is 61.5 Å². The summed E-state index contributed by atoms with van der Waals surface area (Å²) in [5.74, 6) is -69.2. The standard InChI is InChI=1S/C34H14F22O4/c1-5(2)31(57)60-32(6(3)4,7-11(35)19(43)27(20(44)12(7)36)58-29-23(47)15(39)9(33(51,52)53)16(40)24(29)48)8-13(37)21(45)28(22(46)14(8)38)59-30-25(49)17(41)10(34(54,55)56)18(42)26(30)50/h5-6H,1-4H3. The molecule has 0 aliphatic rings. The molecule has 4 nitrogen and oxygen atoms in total. The van der Waals surface area contributed by atoms with Crippen LogP contribution in [0.2, 0.25) is 0 Å². The maximum Gasteiger partial charge on any atom is 0.422 e. The van der Waals surface area contributed by atoms with Gasteiger partial charge in [-0.3, -0.25) is 4.79 Å². The zero-order valence-electron chi connectivity index (χ0n) is 29.1. The number of rotatable bonds is 9. The van der Waals surface area contributed by atoms with E-state index in [2.05, 4.69) is 9.47 Å². The van der Waals surface area contributed by atoms with Gasteiger partial charge in [0.2, 0.25) is 69.5 Å². The van der Waals surface area contributed by atoms with E-state index in [9.17, 15) is 66.3 Å². The first-order chi connectivity index (χ1) is 27.3. The zero-order valence-corrected chi connectivity index (χ0v) is 29.1. The minimum Gasteiger partial charge on any atom is -0.448 e. The Balaban J connectivity index is 2.10. The zero-order chi connectivity index (χ0) is 46.2. The Labute approximate surface area is 317 Å². The number of esters is 1. The summed E-state index contributed by atoms with van der Waals surface area (Å²) in [5.41, 5.74) is -16.2. The quantitative estimate of drug-likeness (QED) is 0.0954. The second-order valence-corrected chi connectivity index (χ2v) is 12.5. The van der Waals surface area contributed by atoms with Gasteiger partial charge in [-0.1, -0.05) is 27.7 Å². The van der Waals surface area contributed by atoms with Gasteiger partial charge in [0.1, 0.15) is 11.1 Å². The lowest BCUT2D eigenvalue weighted by molar-refractivity contribution is -0.166. The number of carbonyl (C=O) groups excluding carboxylic acids is 1. The van der Waals surface area contributed by atoms with E-state index in [1.807, 2.05) is 0 Å². The highest BCUT2D eigenvalue weighted by molar-refractivity contribution is 5.73. The minimum atomic E-state index is -6.20. The molecule has 0 unspecified atom stereocenters. The third-order valence-corrected chi connectivity index (χ3v) is 8.16. The molecule has 0 heterocycles. The molecule has 0 atom stereocenters. The van der Waals surface area contributed by atoms with Gasteiger partial charge >= 0.3 is 18.3 Å². The molecule has 60 heavy (non-hydrogen) atoms. The summed E-state index contributed by atoms with van der Waals surface area (Å²) >= 11 is 0. The van der Waals surface area contributed by atoms with Crippen molar-refractivity contribution < 1.29 is 116 Å². The second-order valence-electron chi connectivity index (χ2n) is 12.5. The van der Waals surface area contributed by atoms with Crippen LogP contribution in [0.15, 0.2) is 0 Å². The van der Waals surface area contributed by atoms with Gasteiger partial charge in [-0.25, -0.2) is 35.1 Å². The van der Waals surface area contributed by atoms with Crippen molar-refractivity contribution in [3.05, 3.63) is 115 Å². The fourth-order valence-electron chi connectivity index (χ4n) is 5.36. The molecule has 0 aliphatic carbocycles. The van der Waals surface area contributed by atoms with E-state index in [1.54, 1.807) is 0 Å². The molecule has 0 saturated carbocycles. The average molecular weight is 904 g/mol. The molecule has 26 heteroatoms. The van der Waals surface area contributed by atoms with Gasteiger partial charge < -0.3 is 14.2 Å². The highest BCUT2D eigenvalue weighted by atomic mass is 19.4. The molecule has 0 radical (unpaired) electrons. The fraction of sp³-hybridized carbons (Fsp3) is 0.265. The number of hydrogen-bond donors (Lipinski definition) is 0. The molecule has 0 bridgehead atoms. The summed E-state index contributed by atoms with van der Waals surface area (Å²) in [6.07, 6.45) is -12.4. The molecule has 4 aromatic carbocycles. The van der Waals surface area contributed by atoms with Gasteiger partial charge in [-0.05, 0) is 0 Å². The van der Waals surface area contributed by atoms with Gasteiger partial charge in [-0.15, -0.1) is 0 Å². The van der Waals surface area contributed by atoms with E-state index in [0.29, 0.717) is 13.8 Å². The molecule has 0 N–H and O–H groups in total. The van der Waals surface area contributed by atoms with Crippen LogP contribution in [0.1, 0.15) is 49.9 Å². The minimum absolute atomic E-state index is 0.489. The molecular formula is C34H14F22O4. The van der Waals surface area contributed by atoms with Crippen LogP contribution in [0.4, 0.5) is 96.6 Å². The lowest BCUT2D eigenvalue weighted by Gasteiger charge is -2.39. The molecule has 0 aromatic heterocycles. The maximum atomic E-state index is 16.1. The molecule has 4 aromatic rings. The van der Waals surface area contributed by atoms with Gasteiger partial charge in [0.15, 0.2) is 52.1 Å². The summed E-state index contributed by atoms with van der Waals surface area (Å²) in [6, 6.07) is 0. The van der Waals surface area contributed by atoms with E-state index >= 15 is 35.1 Å². The summed E-state index contributed by atoms with van der Waals surface area (Å²) in [4.78, 5) is 12.9. The van der Waals surface area contributed by atoms with Gasteiger partial charge in [0, 0.05) is 5.92 Å². The van der Waals surface area contributed by atoms with Crippen LogP contribution in [-0.4, -0.2) is 5.97 Å². The predicted molar refractivity (Wildman–Crippen MR) is 152 cm³/mol. The van der Waals surface area contributed by atoms with E-state index in [4.69, 9.17) is 4.74 Å². The first-order valence-electron chi connectivity index (χ1n) is 15.5. The second kappa shape index (κ2) is 15.8. The molecular weight excluding hydrogens is 890 g/mol. The van der Waals surface area contributed by atoms with Crippen LogP contribution in [-0.2, 0) is 27.5 Å². The molecule has 0 amide bonds. The Kier molecular flexibility index (Phi) is 12.4. The molecule has 328 valence electrons.